The Morgan fingerprint density at radius 2 is 2.29 bits per heavy atom. The van der Waals surface area contributed by atoms with E-state index in [0.29, 0.717) is 11.4 Å². The lowest BCUT2D eigenvalue weighted by atomic mass is 10.4. The number of aryl methyl sites for hydroxylation is 1. The molecule has 0 saturated carbocycles. The van der Waals surface area contributed by atoms with Crippen molar-refractivity contribution < 1.29 is 0 Å². The minimum absolute atomic E-state index is 0.225. The van der Waals surface area contributed by atoms with E-state index < -0.39 is 0 Å². The van der Waals surface area contributed by atoms with Crippen LogP contribution in [0.15, 0.2) is 6.33 Å². The zero-order valence-corrected chi connectivity index (χ0v) is 9.26. The normalized spacial score (nSPS) is 11.1. The monoisotopic (exact) mass is 228 g/mol. The smallest absolute Gasteiger partial charge is 0.224 e. The van der Waals surface area contributed by atoms with Crippen molar-refractivity contribution in [3.8, 4) is 0 Å². The molecule has 2 rings (SSSR count). The summed E-state index contributed by atoms with van der Waals surface area (Å²) in [5.74, 6) is 0.532. The Labute approximate surface area is 91.7 Å². The van der Waals surface area contributed by atoms with Gasteiger partial charge in [-0.15, -0.1) is 0 Å². The second-order valence-electron chi connectivity index (χ2n) is 2.80. The molecule has 0 fully saturated rings. The number of hydrogen-bond donors (Lipinski definition) is 1. The first-order chi connectivity index (χ1) is 6.76. The minimum Gasteiger partial charge on any atom is -0.328 e. The predicted molar refractivity (Wildman–Crippen MR) is 58.7 cm³/mol. The largest absolute Gasteiger partial charge is 0.328 e. The highest BCUT2D eigenvalue weighted by Gasteiger charge is 2.10. The third-order valence-corrected chi connectivity index (χ3v) is 2.48. The maximum atomic E-state index is 5.75. The average Bonchev–Trinajstić information content (AvgIpc) is 2.59. The fourth-order valence-corrected chi connectivity index (χ4v) is 1.78. The van der Waals surface area contributed by atoms with E-state index in [2.05, 4.69) is 27.6 Å². The number of fused-ring (bicyclic) bond motifs is 1. The Kier molecular flexibility index (Phi) is 2.60. The van der Waals surface area contributed by atoms with Gasteiger partial charge in [0.25, 0.3) is 0 Å². The quantitative estimate of drug-likeness (QED) is 0.631. The van der Waals surface area contributed by atoms with E-state index in [1.165, 1.54) is 0 Å². The molecule has 6 heteroatoms. The first kappa shape index (κ1) is 9.73. The Morgan fingerprint density at radius 1 is 1.50 bits per heavy atom. The van der Waals surface area contributed by atoms with Crippen LogP contribution in [0.4, 0.5) is 0 Å². The van der Waals surface area contributed by atoms with Crippen LogP contribution in [0.3, 0.4) is 0 Å². The van der Waals surface area contributed by atoms with Crippen LogP contribution in [-0.4, -0.2) is 19.5 Å². The molecule has 0 saturated heterocycles. The standard InChI is InChI=1S/C8H9ClN4S/c1-2-13-4-10-7-6(13)5(3-14)11-8(9)12-7/h4,14H,2-3H2,1H3. The van der Waals surface area contributed by atoms with Crippen molar-refractivity contribution in [3.05, 3.63) is 17.3 Å². The molecule has 0 aliphatic heterocycles. The van der Waals surface area contributed by atoms with Gasteiger partial charge in [-0.2, -0.15) is 17.6 Å². The number of nitrogens with zero attached hydrogens (tertiary/aromatic N) is 4. The maximum absolute atomic E-state index is 5.75. The van der Waals surface area contributed by atoms with Crippen LogP contribution in [0.2, 0.25) is 5.28 Å². The van der Waals surface area contributed by atoms with Gasteiger partial charge in [-0.3, -0.25) is 0 Å². The molecule has 0 radical (unpaired) electrons. The Balaban J connectivity index is 2.78. The second kappa shape index (κ2) is 3.74. The number of hydrogen-bond acceptors (Lipinski definition) is 4. The molecule has 0 atom stereocenters. The van der Waals surface area contributed by atoms with E-state index >= 15 is 0 Å². The van der Waals surface area contributed by atoms with Gasteiger partial charge in [0.1, 0.15) is 5.52 Å². The number of imidazole rings is 1. The van der Waals surface area contributed by atoms with E-state index in [1.807, 2.05) is 11.5 Å². The van der Waals surface area contributed by atoms with E-state index in [1.54, 1.807) is 6.33 Å². The average molecular weight is 229 g/mol. The van der Waals surface area contributed by atoms with E-state index in [9.17, 15) is 0 Å². The van der Waals surface area contributed by atoms with Crippen LogP contribution in [0.5, 0.6) is 0 Å². The lowest BCUT2D eigenvalue weighted by Crippen LogP contribution is -1.98. The molecule has 0 aromatic carbocycles. The molecule has 14 heavy (non-hydrogen) atoms. The third kappa shape index (κ3) is 1.46. The van der Waals surface area contributed by atoms with Gasteiger partial charge in [0, 0.05) is 12.3 Å². The highest BCUT2D eigenvalue weighted by molar-refractivity contribution is 7.79. The van der Waals surface area contributed by atoms with Gasteiger partial charge < -0.3 is 4.57 Å². The summed E-state index contributed by atoms with van der Waals surface area (Å²) in [7, 11) is 0. The van der Waals surface area contributed by atoms with Crippen LogP contribution in [-0.2, 0) is 12.3 Å². The molecule has 0 bridgehead atoms. The van der Waals surface area contributed by atoms with Crippen LogP contribution >= 0.6 is 24.2 Å². The fourth-order valence-electron chi connectivity index (χ4n) is 1.38. The maximum Gasteiger partial charge on any atom is 0.224 e. The minimum atomic E-state index is 0.225. The van der Waals surface area contributed by atoms with E-state index in [-0.39, 0.29) is 5.28 Å². The summed E-state index contributed by atoms with van der Waals surface area (Å²) in [6.45, 7) is 2.88. The van der Waals surface area contributed by atoms with Gasteiger partial charge in [0.15, 0.2) is 5.65 Å². The van der Waals surface area contributed by atoms with Gasteiger partial charge in [-0.05, 0) is 18.5 Å². The van der Waals surface area contributed by atoms with Gasteiger partial charge in [0.05, 0.1) is 12.0 Å². The molecule has 0 spiro atoms. The Hall–Kier alpha value is -0.810. The molecule has 0 unspecified atom stereocenters. The molecule has 4 nitrogen and oxygen atoms in total. The van der Waals surface area contributed by atoms with Gasteiger partial charge >= 0.3 is 0 Å². The summed E-state index contributed by atoms with van der Waals surface area (Å²) < 4.78 is 1.98. The zero-order valence-electron chi connectivity index (χ0n) is 7.61. The predicted octanol–water partition coefficient (Wildman–Crippen LogP) is 1.93. The van der Waals surface area contributed by atoms with Crippen molar-refractivity contribution in [2.24, 2.45) is 0 Å². The van der Waals surface area contributed by atoms with Crippen LogP contribution in [0.1, 0.15) is 12.6 Å². The topological polar surface area (TPSA) is 43.6 Å². The first-order valence-corrected chi connectivity index (χ1v) is 5.25. The first-order valence-electron chi connectivity index (χ1n) is 4.24. The summed E-state index contributed by atoms with van der Waals surface area (Å²) in [5.41, 5.74) is 2.38. The Morgan fingerprint density at radius 3 is 2.93 bits per heavy atom. The molecule has 0 aliphatic carbocycles. The zero-order chi connectivity index (χ0) is 10.1. The van der Waals surface area contributed by atoms with E-state index in [4.69, 9.17) is 11.6 Å². The Bertz CT molecular complexity index is 468. The van der Waals surface area contributed by atoms with Gasteiger partial charge in [-0.1, -0.05) is 0 Å². The van der Waals surface area contributed by atoms with Crippen molar-refractivity contribution in [2.75, 3.05) is 0 Å². The van der Waals surface area contributed by atoms with Gasteiger partial charge in [-0.25, -0.2) is 9.97 Å². The molecule has 2 aromatic rings. The van der Waals surface area contributed by atoms with Gasteiger partial charge in [0.2, 0.25) is 5.28 Å². The summed E-state index contributed by atoms with van der Waals surface area (Å²) in [5, 5.41) is 0.225. The molecule has 2 aromatic heterocycles. The van der Waals surface area contributed by atoms with Crippen molar-refractivity contribution in [1.29, 1.82) is 0 Å². The molecule has 0 amide bonds. The second-order valence-corrected chi connectivity index (χ2v) is 3.45. The van der Waals surface area contributed by atoms with Crippen LogP contribution in [0, 0.1) is 0 Å². The number of halogens is 1. The highest BCUT2D eigenvalue weighted by Crippen LogP contribution is 2.18. The lowest BCUT2D eigenvalue weighted by molar-refractivity contribution is 0.782. The van der Waals surface area contributed by atoms with E-state index in [0.717, 1.165) is 17.8 Å². The molecular formula is C8H9ClN4S. The van der Waals surface area contributed by atoms with Crippen molar-refractivity contribution in [3.63, 3.8) is 0 Å². The molecule has 0 aliphatic rings. The SMILES string of the molecule is CCn1cnc2nc(Cl)nc(CS)c21. The lowest BCUT2D eigenvalue weighted by Gasteiger charge is -2.02. The van der Waals surface area contributed by atoms with Crippen molar-refractivity contribution >= 4 is 35.4 Å². The molecular weight excluding hydrogens is 220 g/mol. The number of thiol groups is 1. The van der Waals surface area contributed by atoms with Crippen molar-refractivity contribution in [2.45, 2.75) is 19.2 Å². The summed E-state index contributed by atoms with van der Waals surface area (Å²) in [4.78, 5) is 12.3. The fraction of sp³-hybridized carbons (Fsp3) is 0.375. The molecule has 2 heterocycles. The summed E-state index contributed by atoms with van der Waals surface area (Å²) in [6, 6.07) is 0. The number of rotatable bonds is 2. The highest BCUT2D eigenvalue weighted by atomic mass is 35.5. The van der Waals surface area contributed by atoms with Crippen molar-refractivity contribution in [1.82, 2.24) is 19.5 Å². The summed E-state index contributed by atoms with van der Waals surface area (Å²) >= 11 is 9.95. The number of aromatic nitrogens is 4. The molecule has 74 valence electrons. The summed E-state index contributed by atoms with van der Waals surface area (Å²) in [6.07, 6.45) is 1.74. The van der Waals surface area contributed by atoms with Crippen LogP contribution < -0.4 is 0 Å². The molecule has 0 N–H and O–H groups in total. The van der Waals surface area contributed by atoms with Crippen LogP contribution in [0.25, 0.3) is 11.2 Å². The third-order valence-electron chi connectivity index (χ3n) is 2.01.